The lowest BCUT2D eigenvalue weighted by Gasteiger charge is -2.14. The monoisotopic (exact) mass is 222 g/mol. The van der Waals surface area contributed by atoms with Crippen LogP contribution in [0, 0.1) is 6.92 Å². The summed E-state index contributed by atoms with van der Waals surface area (Å²) in [7, 11) is 0. The Labute approximate surface area is 81.4 Å². The molecule has 1 aromatic rings. The maximum absolute atomic E-state index is 3.58. The average Bonchev–Trinajstić information content (AvgIpc) is 2.12. The maximum Gasteiger partial charge on any atom is 0.0213 e. The van der Waals surface area contributed by atoms with E-state index in [4.69, 9.17) is 0 Å². The SMILES string of the molecule is Cc1ccc(Br)c2c1C=CCC2. The van der Waals surface area contributed by atoms with Crippen LogP contribution in [0.1, 0.15) is 23.1 Å². The molecule has 0 radical (unpaired) electrons. The molecule has 0 spiro atoms. The van der Waals surface area contributed by atoms with Gasteiger partial charge in [-0.1, -0.05) is 34.1 Å². The van der Waals surface area contributed by atoms with E-state index >= 15 is 0 Å². The van der Waals surface area contributed by atoms with Crippen LogP contribution >= 0.6 is 15.9 Å². The summed E-state index contributed by atoms with van der Waals surface area (Å²) >= 11 is 3.58. The highest BCUT2D eigenvalue weighted by Gasteiger charge is 2.09. The lowest BCUT2D eigenvalue weighted by molar-refractivity contribution is 0.973. The summed E-state index contributed by atoms with van der Waals surface area (Å²) in [5.41, 5.74) is 4.26. The second-order valence-corrected chi connectivity index (χ2v) is 4.05. The Morgan fingerprint density at radius 1 is 1.33 bits per heavy atom. The predicted molar refractivity (Wildman–Crippen MR) is 56.2 cm³/mol. The van der Waals surface area contributed by atoms with Gasteiger partial charge in [0.25, 0.3) is 0 Å². The van der Waals surface area contributed by atoms with E-state index in [1.54, 1.807) is 0 Å². The quantitative estimate of drug-likeness (QED) is 0.628. The maximum atomic E-state index is 3.58. The lowest BCUT2D eigenvalue weighted by Crippen LogP contribution is -1.97. The number of benzene rings is 1. The Hall–Kier alpha value is -0.560. The van der Waals surface area contributed by atoms with Gasteiger partial charge in [-0.25, -0.2) is 0 Å². The highest BCUT2D eigenvalue weighted by molar-refractivity contribution is 9.10. The summed E-state index contributed by atoms with van der Waals surface area (Å²) in [6.07, 6.45) is 6.84. The van der Waals surface area contributed by atoms with Crippen molar-refractivity contribution in [2.24, 2.45) is 0 Å². The molecule has 0 amide bonds. The van der Waals surface area contributed by atoms with E-state index in [0.29, 0.717) is 0 Å². The second-order valence-electron chi connectivity index (χ2n) is 3.20. The molecule has 12 heavy (non-hydrogen) atoms. The molecule has 2 rings (SSSR count). The summed E-state index contributed by atoms with van der Waals surface area (Å²) < 4.78 is 1.26. The van der Waals surface area contributed by atoms with Crippen LogP contribution < -0.4 is 0 Å². The van der Waals surface area contributed by atoms with Gasteiger partial charge in [0.2, 0.25) is 0 Å². The second kappa shape index (κ2) is 3.06. The van der Waals surface area contributed by atoms with Gasteiger partial charge in [0.1, 0.15) is 0 Å². The van der Waals surface area contributed by atoms with Crippen molar-refractivity contribution in [2.75, 3.05) is 0 Å². The number of aryl methyl sites for hydroxylation is 1. The van der Waals surface area contributed by atoms with Crippen molar-refractivity contribution in [3.8, 4) is 0 Å². The van der Waals surface area contributed by atoms with Gasteiger partial charge in [-0.3, -0.25) is 0 Å². The molecular weight excluding hydrogens is 212 g/mol. The summed E-state index contributed by atoms with van der Waals surface area (Å²) in [6, 6.07) is 4.31. The van der Waals surface area contributed by atoms with Gasteiger partial charge >= 0.3 is 0 Å². The van der Waals surface area contributed by atoms with E-state index in [1.165, 1.54) is 34.0 Å². The molecule has 0 bridgehead atoms. The fraction of sp³-hybridized carbons (Fsp3) is 0.273. The molecule has 0 heterocycles. The van der Waals surface area contributed by atoms with Gasteiger partial charge in [0.15, 0.2) is 0 Å². The van der Waals surface area contributed by atoms with Crippen molar-refractivity contribution in [2.45, 2.75) is 19.8 Å². The summed E-state index contributed by atoms with van der Waals surface area (Å²) in [6.45, 7) is 2.17. The van der Waals surface area contributed by atoms with Gasteiger partial charge in [-0.2, -0.15) is 0 Å². The van der Waals surface area contributed by atoms with Crippen molar-refractivity contribution in [1.29, 1.82) is 0 Å². The predicted octanol–water partition coefficient (Wildman–Crippen LogP) is 3.72. The van der Waals surface area contributed by atoms with Gasteiger partial charge in [0, 0.05) is 4.47 Å². The van der Waals surface area contributed by atoms with Crippen LogP contribution in [-0.4, -0.2) is 0 Å². The van der Waals surface area contributed by atoms with E-state index in [2.05, 4.69) is 47.1 Å². The molecular formula is C11H11Br. The first-order valence-electron chi connectivity index (χ1n) is 4.23. The Balaban J connectivity index is 2.67. The minimum atomic E-state index is 1.17. The number of rotatable bonds is 0. The van der Waals surface area contributed by atoms with Crippen LogP contribution in [0.15, 0.2) is 22.7 Å². The number of hydrogen-bond donors (Lipinski definition) is 0. The third kappa shape index (κ3) is 1.22. The highest BCUT2D eigenvalue weighted by atomic mass is 79.9. The van der Waals surface area contributed by atoms with Crippen molar-refractivity contribution >= 4 is 22.0 Å². The van der Waals surface area contributed by atoms with Crippen LogP contribution in [-0.2, 0) is 6.42 Å². The molecule has 1 heteroatoms. The lowest BCUT2D eigenvalue weighted by atomic mass is 9.94. The van der Waals surface area contributed by atoms with Crippen LogP contribution in [0.5, 0.6) is 0 Å². The number of allylic oxidation sites excluding steroid dienone is 1. The fourth-order valence-corrected chi connectivity index (χ4v) is 2.21. The van der Waals surface area contributed by atoms with Gasteiger partial charge in [-0.05, 0) is 42.5 Å². The van der Waals surface area contributed by atoms with Crippen molar-refractivity contribution in [1.82, 2.24) is 0 Å². The van der Waals surface area contributed by atoms with E-state index in [9.17, 15) is 0 Å². The number of halogens is 1. The Morgan fingerprint density at radius 2 is 2.17 bits per heavy atom. The molecule has 0 saturated carbocycles. The first-order valence-corrected chi connectivity index (χ1v) is 5.03. The third-order valence-corrected chi connectivity index (χ3v) is 3.11. The Morgan fingerprint density at radius 3 is 2.92 bits per heavy atom. The van der Waals surface area contributed by atoms with Crippen molar-refractivity contribution < 1.29 is 0 Å². The zero-order chi connectivity index (χ0) is 8.55. The molecule has 0 fully saturated rings. The van der Waals surface area contributed by atoms with Crippen molar-refractivity contribution in [3.63, 3.8) is 0 Å². The largest absolute Gasteiger partial charge is 0.0836 e. The fourth-order valence-electron chi connectivity index (χ4n) is 1.67. The Bertz CT molecular complexity index is 337. The highest BCUT2D eigenvalue weighted by Crippen LogP contribution is 2.29. The van der Waals surface area contributed by atoms with Crippen molar-refractivity contribution in [3.05, 3.63) is 39.4 Å². The summed E-state index contributed by atoms with van der Waals surface area (Å²) in [4.78, 5) is 0. The molecule has 1 aliphatic rings. The molecule has 0 N–H and O–H groups in total. The van der Waals surface area contributed by atoms with Gasteiger partial charge < -0.3 is 0 Å². The third-order valence-electron chi connectivity index (χ3n) is 2.36. The van der Waals surface area contributed by atoms with Crippen LogP contribution in [0.25, 0.3) is 6.08 Å². The Kier molecular flexibility index (Phi) is 2.05. The zero-order valence-corrected chi connectivity index (χ0v) is 8.69. The van der Waals surface area contributed by atoms with Crippen LogP contribution in [0.2, 0.25) is 0 Å². The van der Waals surface area contributed by atoms with Gasteiger partial charge in [-0.15, -0.1) is 0 Å². The van der Waals surface area contributed by atoms with Gasteiger partial charge in [0.05, 0.1) is 0 Å². The molecule has 0 aliphatic heterocycles. The molecule has 0 atom stereocenters. The van der Waals surface area contributed by atoms with E-state index < -0.39 is 0 Å². The molecule has 62 valence electrons. The normalized spacial score (nSPS) is 14.5. The average molecular weight is 223 g/mol. The molecule has 1 aliphatic carbocycles. The summed E-state index contributed by atoms with van der Waals surface area (Å²) in [5.74, 6) is 0. The minimum absolute atomic E-state index is 1.17. The first-order chi connectivity index (χ1) is 5.79. The molecule has 0 unspecified atom stereocenters. The van der Waals surface area contributed by atoms with Crippen LogP contribution in [0.3, 0.4) is 0 Å². The first kappa shape index (κ1) is 8.06. The molecule has 0 aromatic heterocycles. The van der Waals surface area contributed by atoms with E-state index in [0.717, 1.165) is 0 Å². The smallest absolute Gasteiger partial charge is 0.0213 e. The molecule has 0 nitrogen and oxygen atoms in total. The van der Waals surface area contributed by atoms with E-state index in [-0.39, 0.29) is 0 Å². The van der Waals surface area contributed by atoms with Crippen LogP contribution in [0.4, 0.5) is 0 Å². The standard InChI is InChI=1S/C11H11Br/c1-8-6-7-11(12)10-5-3-2-4-9(8)10/h2,4,6-7H,3,5H2,1H3. The number of fused-ring (bicyclic) bond motifs is 1. The van der Waals surface area contributed by atoms with E-state index in [1.807, 2.05) is 0 Å². The topological polar surface area (TPSA) is 0 Å². The zero-order valence-electron chi connectivity index (χ0n) is 7.10. The molecule has 0 saturated heterocycles. The minimum Gasteiger partial charge on any atom is -0.0836 e. The molecule has 1 aromatic carbocycles. The number of hydrogen-bond acceptors (Lipinski definition) is 0. The summed E-state index contributed by atoms with van der Waals surface area (Å²) in [5, 5.41) is 0.